The van der Waals surface area contributed by atoms with Crippen molar-refractivity contribution in [3.63, 3.8) is 0 Å². The molecule has 0 aliphatic carbocycles. The molecule has 2 aromatic rings. The zero-order valence-electron chi connectivity index (χ0n) is 15.5. The average molecular weight is 336 g/mol. The Morgan fingerprint density at radius 1 is 1.00 bits per heavy atom. The molecule has 0 unspecified atom stereocenters. The number of aryl methyl sites for hydroxylation is 2. The highest BCUT2D eigenvalue weighted by molar-refractivity contribution is 5.90. The van der Waals surface area contributed by atoms with Crippen molar-refractivity contribution < 1.29 is 4.79 Å². The lowest BCUT2D eigenvalue weighted by molar-refractivity contribution is 0.189. The number of carbonyl (C=O) groups excluding carboxylic acids is 1. The number of urea groups is 1. The van der Waals surface area contributed by atoms with Crippen molar-refractivity contribution in [2.24, 2.45) is 0 Å². The van der Waals surface area contributed by atoms with Crippen LogP contribution < -0.4 is 5.32 Å². The number of anilines is 1. The number of hydrogen-bond acceptors (Lipinski definition) is 1. The molecule has 1 aliphatic rings. The largest absolute Gasteiger partial charge is 0.322 e. The van der Waals surface area contributed by atoms with Crippen LogP contribution in [-0.4, -0.2) is 17.5 Å². The predicted molar refractivity (Wildman–Crippen MR) is 104 cm³/mol. The van der Waals surface area contributed by atoms with Crippen LogP contribution in [0.2, 0.25) is 0 Å². The Balaban J connectivity index is 1.84. The van der Waals surface area contributed by atoms with Gasteiger partial charge in [-0.1, -0.05) is 54.8 Å². The van der Waals surface area contributed by atoms with E-state index in [1.165, 1.54) is 29.5 Å². The average Bonchev–Trinajstić information content (AvgIpc) is 2.86. The van der Waals surface area contributed by atoms with Crippen molar-refractivity contribution in [1.82, 2.24) is 4.90 Å². The first-order valence-corrected chi connectivity index (χ1v) is 9.26. The number of nitrogens with zero attached hydrogens (tertiary/aromatic N) is 1. The highest BCUT2D eigenvalue weighted by Crippen LogP contribution is 2.31. The van der Waals surface area contributed by atoms with Crippen LogP contribution in [0.4, 0.5) is 10.5 Å². The van der Waals surface area contributed by atoms with E-state index in [1.807, 2.05) is 17.0 Å². The molecular formula is C22H28N2O. The van der Waals surface area contributed by atoms with E-state index in [4.69, 9.17) is 0 Å². The summed E-state index contributed by atoms with van der Waals surface area (Å²) in [6, 6.07) is 14.9. The van der Waals surface area contributed by atoms with E-state index in [0.717, 1.165) is 30.6 Å². The van der Waals surface area contributed by atoms with Crippen LogP contribution in [0, 0.1) is 20.8 Å². The molecule has 1 fully saturated rings. The quantitative estimate of drug-likeness (QED) is 0.743. The third kappa shape index (κ3) is 4.04. The smallest absolute Gasteiger partial charge is 0.317 e. The fourth-order valence-corrected chi connectivity index (χ4v) is 3.56. The summed E-state index contributed by atoms with van der Waals surface area (Å²) < 4.78 is 0. The SMILES string of the molecule is Cc1ccc([C@@H]2CCCCCN2C(=O)Nc2cccc(C)c2C)cc1. The number of benzene rings is 2. The van der Waals surface area contributed by atoms with Crippen LogP contribution in [0.5, 0.6) is 0 Å². The standard InChI is InChI=1S/C22H28N2O/c1-16-11-13-19(14-12-16)21-10-5-4-6-15-24(21)22(25)23-20-9-7-8-17(2)18(20)3/h7-9,11-14,21H,4-6,10,15H2,1-3H3,(H,23,25)/t21-/m0/s1. The molecular weight excluding hydrogens is 308 g/mol. The van der Waals surface area contributed by atoms with Crippen molar-refractivity contribution in [2.75, 3.05) is 11.9 Å². The predicted octanol–water partition coefficient (Wildman–Crippen LogP) is 5.76. The number of nitrogens with one attached hydrogen (secondary N) is 1. The van der Waals surface area contributed by atoms with Gasteiger partial charge in [0, 0.05) is 12.2 Å². The second-order valence-electron chi connectivity index (χ2n) is 7.15. The van der Waals surface area contributed by atoms with Crippen molar-refractivity contribution in [2.45, 2.75) is 52.5 Å². The Kier molecular flexibility index (Phi) is 5.42. The molecule has 1 aliphatic heterocycles. The summed E-state index contributed by atoms with van der Waals surface area (Å²) in [5.74, 6) is 0. The molecule has 2 amide bonds. The maximum atomic E-state index is 13.0. The van der Waals surface area contributed by atoms with Gasteiger partial charge in [0.2, 0.25) is 0 Å². The fourth-order valence-electron chi connectivity index (χ4n) is 3.56. The van der Waals surface area contributed by atoms with Gasteiger partial charge in [0.25, 0.3) is 0 Å². The first-order valence-electron chi connectivity index (χ1n) is 9.26. The van der Waals surface area contributed by atoms with E-state index >= 15 is 0 Å². The summed E-state index contributed by atoms with van der Waals surface area (Å²) in [7, 11) is 0. The lowest BCUT2D eigenvalue weighted by atomic mass is 10.00. The Hall–Kier alpha value is -2.29. The second-order valence-corrected chi connectivity index (χ2v) is 7.15. The zero-order chi connectivity index (χ0) is 17.8. The molecule has 1 saturated heterocycles. The van der Waals surface area contributed by atoms with Gasteiger partial charge in [-0.2, -0.15) is 0 Å². The van der Waals surface area contributed by atoms with Gasteiger partial charge >= 0.3 is 6.03 Å². The number of carbonyl (C=O) groups is 1. The second kappa shape index (κ2) is 7.73. The number of hydrogen-bond donors (Lipinski definition) is 1. The molecule has 3 rings (SSSR count). The summed E-state index contributed by atoms with van der Waals surface area (Å²) in [6.45, 7) is 7.05. The summed E-state index contributed by atoms with van der Waals surface area (Å²) in [4.78, 5) is 15.1. The molecule has 3 heteroatoms. The van der Waals surface area contributed by atoms with Gasteiger partial charge in [0.1, 0.15) is 0 Å². The maximum absolute atomic E-state index is 13.0. The van der Waals surface area contributed by atoms with Crippen LogP contribution in [0.25, 0.3) is 0 Å². The van der Waals surface area contributed by atoms with Gasteiger partial charge in [-0.15, -0.1) is 0 Å². The minimum atomic E-state index is 0.0150. The molecule has 3 nitrogen and oxygen atoms in total. The van der Waals surface area contributed by atoms with Gasteiger partial charge in [-0.05, 0) is 56.4 Å². The Morgan fingerprint density at radius 3 is 2.52 bits per heavy atom. The molecule has 0 radical (unpaired) electrons. The highest BCUT2D eigenvalue weighted by Gasteiger charge is 2.27. The monoisotopic (exact) mass is 336 g/mol. The fraction of sp³-hybridized carbons (Fsp3) is 0.409. The van der Waals surface area contributed by atoms with Gasteiger partial charge in [0.15, 0.2) is 0 Å². The molecule has 132 valence electrons. The minimum Gasteiger partial charge on any atom is -0.317 e. The molecule has 1 heterocycles. The molecule has 1 atom stereocenters. The van der Waals surface area contributed by atoms with E-state index in [-0.39, 0.29) is 12.1 Å². The number of amides is 2. The zero-order valence-corrected chi connectivity index (χ0v) is 15.5. The van der Waals surface area contributed by atoms with Gasteiger partial charge < -0.3 is 10.2 Å². The van der Waals surface area contributed by atoms with Crippen molar-refractivity contribution in [3.8, 4) is 0 Å². The van der Waals surface area contributed by atoms with Crippen LogP contribution in [0.1, 0.15) is 54.0 Å². The van der Waals surface area contributed by atoms with Gasteiger partial charge in [-0.25, -0.2) is 4.79 Å². The first kappa shape index (κ1) is 17.5. The van der Waals surface area contributed by atoms with Crippen molar-refractivity contribution in [3.05, 3.63) is 64.7 Å². The van der Waals surface area contributed by atoms with Crippen molar-refractivity contribution in [1.29, 1.82) is 0 Å². The molecule has 0 spiro atoms. The topological polar surface area (TPSA) is 32.3 Å². The number of rotatable bonds is 2. The van der Waals surface area contributed by atoms with E-state index in [0.29, 0.717) is 0 Å². The van der Waals surface area contributed by atoms with E-state index in [2.05, 4.69) is 56.4 Å². The molecule has 2 aromatic carbocycles. The summed E-state index contributed by atoms with van der Waals surface area (Å²) in [6.07, 6.45) is 4.47. The van der Waals surface area contributed by atoms with Crippen LogP contribution >= 0.6 is 0 Å². The Bertz CT molecular complexity index is 736. The Labute approximate surface area is 151 Å². The first-order chi connectivity index (χ1) is 12.1. The van der Waals surface area contributed by atoms with Crippen LogP contribution in [0.15, 0.2) is 42.5 Å². The normalized spacial score (nSPS) is 17.9. The van der Waals surface area contributed by atoms with Gasteiger partial charge in [-0.3, -0.25) is 0 Å². The molecule has 1 N–H and O–H groups in total. The lowest BCUT2D eigenvalue weighted by Gasteiger charge is -2.31. The van der Waals surface area contributed by atoms with E-state index in [1.54, 1.807) is 0 Å². The third-order valence-corrected chi connectivity index (χ3v) is 5.32. The molecule has 0 aromatic heterocycles. The molecule has 25 heavy (non-hydrogen) atoms. The summed E-state index contributed by atoms with van der Waals surface area (Å²) >= 11 is 0. The van der Waals surface area contributed by atoms with Crippen LogP contribution in [0.3, 0.4) is 0 Å². The molecule has 0 saturated carbocycles. The highest BCUT2D eigenvalue weighted by atomic mass is 16.2. The van der Waals surface area contributed by atoms with Crippen LogP contribution in [-0.2, 0) is 0 Å². The third-order valence-electron chi connectivity index (χ3n) is 5.32. The molecule has 0 bridgehead atoms. The van der Waals surface area contributed by atoms with Gasteiger partial charge in [0.05, 0.1) is 6.04 Å². The lowest BCUT2D eigenvalue weighted by Crippen LogP contribution is -2.38. The number of likely N-dealkylation sites (tertiary alicyclic amines) is 1. The van der Waals surface area contributed by atoms with E-state index in [9.17, 15) is 4.79 Å². The minimum absolute atomic E-state index is 0.0150. The Morgan fingerprint density at radius 2 is 1.76 bits per heavy atom. The summed E-state index contributed by atoms with van der Waals surface area (Å²) in [5, 5.41) is 3.15. The maximum Gasteiger partial charge on any atom is 0.322 e. The van der Waals surface area contributed by atoms with E-state index < -0.39 is 0 Å². The van der Waals surface area contributed by atoms with Crippen molar-refractivity contribution >= 4 is 11.7 Å². The summed E-state index contributed by atoms with van der Waals surface area (Å²) in [5.41, 5.74) is 5.74.